The predicted octanol–water partition coefficient (Wildman–Crippen LogP) is 2.80. The second-order valence-corrected chi connectivity index (χ2v) is 5.67. The molecule has 2 aliphatic rings. The first-order chi connectivity index (χ1) is 10.3. The number of rotatable bonds is 3. The number of anilines is 1. The van der Waals surface area contributed by atoms with Crippen molar-refractivity contribution in [3.8, 4) is 11.6 Å². The van der Waals surface area contributed by atoms with Gasteiger partial charge in [0, 0.05) is 12.5 Å². The first kappa shape index (κ1) is 12.4. The monoisotopic (exact) mass is 283 g/mol. The molecule has 0 saturated heterocycles. The van der Waals surface area contributed by atoms with Crippen LogP contribution in [0.5, 0.6) is 11.6 Å². The number of aromatic amines is 1. The molecule has 0 spiro atoms. The highest BCUT2D eigenvalue weighted by Gasteiger charge is 2.26. The first-order valence-corrected chi connectivity index (χ1v) is 7.44. The van der Waals surface area contributed by atoms with Crippen molar-refractivity contribution in [2.75, 3.05) is 11.9 Å². The molecule has 108 valence electrons. The van der Waals surface area contributed by atoms with E-state index in [0.717, 1.165) is 49.5 Å². The smallest absolute Gasteiger partial charge is 0.254 e. The number of aryl methyl sites for hydroxylation is 1. The lowest BCUT2D eigenvalue weighted by Gasteiger charge is -2.20. The molecule has 1 saturated carbocycles. The van der Waals surface area contributed by atoms with E-state index < -0.39 is 0 Å². The van der Waals surface area contributed by atoms with Crippen LogP contribution in [0, 0.1) is 0 Å². The highest BCUT2D eigenvalue weighted by Crippen LogP contribution is 2.39. The zero-order valence-corrected chi connectivity index (χ0v) is 11.7. The van der Waals surface area contributed by atoms with Gasteiger partial charge >= 0.3 is 0 Å². The van der Waals surface area contributed by atoms with Gasteiger partial charge in [0.2, 0.25) is 5.88 Å². The number of hydrogen-bond acceptors (Lipinski definition) is 4. The molecule has 0 amide bonds. The van der Waals surface area contributed by atoms with Gasteiger partial charge in [0.25, 0.3) is 5.56 Å². The van der Waals surface area contributed by atoms with Crippen LogP contribution in [0.3, 0.4) is 0 Å². The third-order valence-corrected chi connectivity index (χ3v) is 3.95. The molecule has 0 atom stereocenters. The molecule has 5 heteroatoms. The lowest BCUT2D eigenvalue weighted by Crippen LogP contribution is -2.13. The van der Waals surface area contributed by atoms with Crippen LogP contribution in [0.15, 0.2) is 29.1 Å². The SMILES string of the molecule is O=c1cc(Oc2cccc3c2NCCC3)nc(C2CC2)[nH]1. The molecular weight excluding hydrogens is 266 g/mol. The van der Waals surface area contributed by atoms with Crippen LogP contribution in [0.2, 0.25) is 0 Å². The number of ether oxygens (including phenoxy) is 1. The third-order valence-electron chi connectivity index (χ3n) is 3.95. The molecule has 5 nitrogen and oxygen atoms in total. The molecule has 1 aromatic heterocycles. The Kier molecular flexibility index (Phi) is 2.91. The van der Waals surface area contributed by atoms with E-state index in [9.17, 15) is 4.79 Å². The normalized spacial score (nSPS) is 17.0. The maximum atomic E-state index is 11.7. The van der Waals surface area contributed by atoms with Gasteiger partial charge in [-0.25, -0.2) is 0 Å². The van der Waals surface area contributed by atoms with Crippen LogP contribution >= 0.6 is 0 Å². The highest BCUT2D eigenvalue weighted by molar-refractivity contribution is 5.64. The van der Waals surface area contributed by atoms with E-state index >= 15 is 0 Å². The summed E-state index contributed by atoms with van der Waals surface area (Å²) in [7, 11) is 0. The molecule has 2 N–H and O–H groups in total. The first-order valence-electron chi connectivity index (χ1n) is 7.44. The molecule has 1 fully saturated rings. The Hall–Kier alpha value is -2.30. The van der Waals surface area contributed by atoms with Crippen LogP contribution in [-0.4, -0.2) is 16.5 Å². The number of para-hydroxylation sites is 1. The standard InChI is InChI=1S/C16H17N3O2/c20-13-9-14(19-16(18-13)11-6-7-11)21-12-5-1-3-10-4-2-8-17-15(10)12/h1,3,5,9,11,17H,2,4,6-8H2,(H,18,19,20). The van der Waals surface area contributed by atoms with E-state index in [0.29, 0.717) is 11.8 Å². The summed E-state index contributed by atoms with van der Waals surface area (Å²) in [6.45, 7) is 0.948. The van der Waals surface area contributed by atoms with E-state index in [2.05, 4.69) is 21.4 Å². The largest absolute Gasteiger partial charge is 0.437 e. The summed E-state index contributed by atoms with van der Waals surface area (Å²) in [5.74, 6) is 2.26. The molecule has 0 bridgehead atoms. The Morgan fingerprint density at radius 1 is 1.29 bits per heavy atom. The van der Waals surface area contributed by atoms with Crippen LogP contribution in [-0.2, 0) is 6.42 Å². The molecule has 1 aliphatic carbocycles. The fourth-order valence-corrected chi connectivity index (χ4v) is 2.73. The number of nitrogens with one attached hydrogen (secondary N) is 2. The number of benzene rings is 1. The van der Waals surface area contributed by atoms with Crippen molar-refractivity contribution in [2.45, 2.75) is 31.6 Å². The Bertz CT molecular complexity index is 735. The maximum Gasteiger partial charge on any atom is 0.254 e. The van der Waals surface area contributed by atoms with E-state index in [1.54, 1.807) is 0 Å². The van der Waals surface area contributed by atoms with Gasteiger partial charge in [0.1, 0.15) is 5.82 Å². The molecule has 4 rings (SSSR count). The second-order valence-electron chi connectivity index (χ2n) is 5.67. The number of hydrogen-bond donors (Lipinski definition) is 2. The van der Waals surface area contributed by atoms with Crippen molar-refractivity contribution in [3.63, 3.8) is 0 Å². The minimum absolute atomic E-state index is 0.153. The van der Waals surface area contributed by atoms with Gasteiger partial charge < -0.3 is 15.0 Å². The summed E-state index contributed by atoms with van der Waals surface area (Å²) in [5, 5.41) is 3.38. The molecule has 1 aliphatic heterocycles. The molecule has 1 aromatic carbocycles. The van der Waals surface area contributed by atoms with Crippen molar-refractivity contribution < 1.29 is 4.74 Å². The van der Waals surface area contributed by atoms with Gasteiger partial charge in [-0.15, -0.1) is 0 Å². The zero-order valence-electron chi connectivity index (χ0n) is 11.7. The van der Waals surface area contributed by atoms with E-state index in [-0.39, 0.29) is 5.56 Å². The quantitative estimate of drug-likeness (QED) is 0.909. The summed E-state index contributed by atoms with van der Waals surface area (Å²) in [6, 6.07) is 7.41. The zero-order chi connectivity index (χ0) is 14.2. The second kappa shape index (κ2) is 4.91. The number of aromatic nitrogens is 2. The molecule has 0 unspecified atom stereocenters. The van der Waals surface area contributed by atoms with Gasteiger partial charge in [-0.1, -0.05) is 12.1 Å². The summed E-state index contributed by atoms with van der Waals surface area (Å²) in [5.41, 5.74) is 2.13. The minimum Gasteiger partial charge on any atom is -0.437 e. The summed E-state index contributed by atoms with van der Waals surface area (Å²) in [6.07, 6.45) is 4.37. The lowest BCUT2D eigenvalue weighted by molar-refractivity contribution is 0.457. The molecular formula is C16H17N3O2. The predicted molar refractivity (Wildman–Crippen MR) is 80.2 cm³/mol. The van der Waals surface area contributed by atoms with Crippen LogP contribution in [0.25, 0.3) is 0 Å². The maximum absolute atomic E-state index is 11.7. The average Bonchev–Trinajstić information content (AvgIpc) is 3.32. The average molecular weight is 283 g/mol. The molecule has 0 radical (unpaired) electrons. The Morgan fingerprint density at radius 2 is 2.19 bits per heavy atom. The molecule has 2 heterocycles. The van der Waals surface area contributed by atoms with Gasteiger partial charge in [-0.05, 0) is 37.3 Å². The highest BCUT2D eigenvalue weighted by atomic mass is 16.5. The molecule has 21 heavy (non-hydrogen) atoms. The van der Waals surface area contributed by atoms with Crippen molar-refractivity contribution in [1.29, 1.82) is 0 Å². The number of nitrogens with zero attached hydrogens (tertiary/aromatic N) is 1. The van der Waals surface area contributed by atoms with Crippen LogP contribution in [0.1, 0.15) is 36.6 Å². The Balaban J connectivity index is 1.68. The van der Waals surface area contributed by atoms with Gasteiger partial charge in [-0.3, -0.25) is 4.79 Å². The molecule has 2 aromatic rings. The Morgan fingerprint density at radius 3 is 3.05 bits per heavy atom. The van der Waals surface area contributed by atoms with E-state index in [1.165, 1.54) is 11.6 Å². The van der Waals surface area contributed by atoms with Crippen molar-refractivity contribution in [3.05, 3.63) is 46.0 Å². The van der Waals surface area contributed by atoms with Crippen LogP contribution < -0.4 is 15.6 Å². The fourth-order valence-electron chi connectivity index (χ4n) is 2.73. The van der Waals surface area contributed by atoms with Gasteiger partial charge in [0.15, 0.2) is 5.75 Å². The van der Waals surface area contributed by atoms with Crippen LogP contribution in [0.4, 0.5) is 5.69 Å². The number of fused-ring (bicyclic) bond motifs is 1. The van der Waals surface area contributed by atoms with Gasteiger partial charge in [-0.2, -0.15) is 4.98 Å². The minimum atomic E-state index is -0.153. The van der Waals surface area contributed by atoms with E-state index in [4.69, 9.17) is 4.74 Å². The Labute approximate surface area is 122 Å². The van der Waals surface area contributed by atoms with Crippen molar-refractivity contribution in [2.24, 2.45) is 0 Å². The summed E-state index contributed by atoms with van der Waals surface area (Å²) in [4.78, 5) is 19.0. The van der Waals surface area contributed by atoms with E-state index in [1.807, 2.05) is 12.1 Å². The summed E-state index contributed by atoms with van der Waals surface area (Å²) < 4.78 is 5.88. The van der Waals surface area contributed by atoms with Crippen molar-refractivity contribution >= 4 is 5.69 Å². The van der Waals surface area contributed by atoms with Crippen molar-refractivity contribution in [1.82, 2.24) is 9.97 Å². The summed E-state index contributed by atoms with van der Waals surface area (Å²) >= 11 is 0. The lowest BCUT2D eigenvalue weighted by atomic mass is 10.0. The topological polar surface area (TPSA) is 67.0 Å². The number of H-pyrrole nitrogens is 1. The van der Waals surface area contributed by atoms with Gasteiger partial charge in [0.05, 0.1) is 11.8 Å². The fraction of sp³-hybridized carbons (Fsp3) is 0.375. The third kappa shape index (κ3) is 2.51.